The van der Waals surface area contributed by atoms with Gasteiger partial charge in [-0.25, -0.2) is 0 Å². The van der Waals surface area contributed by atoms with Gasteiger partial charge in [0.2, 0.25) is 0 Å². The van der Waals surface area contributed by atoms with Crippen molar-refractivity contribution >= 4 is 46.6 Å². The summed E-state index contributed by atoms with van der Waals surface area (Å²) in [4.78, 5) is 0. The van der Waals surface area contributed by atoms with Crippen LogP contribution in [0.1, 0.15) is 5.56 Å². The average molecular weight is 340 g/mol. The van der Waals surface area contributed by atoms with E-state index in [1.165, 1.54) is 6.07 Å². The van der Waals surface area contributed by atoms with Gasteiger partial charge in [0.05, 0.1) is 17.5 Å². The Morgan fingerprint density at radius 1 is 1.22 bits per heavy atom. The number of benzene rings is 1. The van der Waals surface area contributed by atoms with Crippen molar-refractivity contribution in [2.75, 3.05) is 12.4 Å². The van der Waals surface area contributed by atoms with Crippen molar-refractivity contribution in [3.05, 3.63) is 27.7 Å². The van der Waals surface area contributed by atoms with Crippen LogP contribution in [0.15, 0.2) is 12.1 Å². The van der Waals surface area contributed by atoms with Crippen LogP contribution in [0, 0.1) is 0 Å². The number of thioether (sulfide) groups is 1. The van der Waals surface area contributed by atoms with Gasteiger partial charge in [0, 0.05) is 16.3 Å². The van der Waals surface area contributed by atoms with Crippen molar-refractivity contribution in [3.63, 3.8) is 0 Å². The highest BCUT2D eigenvalue weighted by Crippen LogP contribution is 2.34. The molecule has 0 unspecified atom stereocenters. The van der Waals surface area contributed by atoms with Crippen molar-refractivity contribution in [1.82, 2.24) is 0 Å². The maximum absolute atomic E-state index is 11.9. The summed E-state index contributed by atoms with van der Waals surface area (Å²) < 4.78 is 40.9. The molecule has 0 saturated carbocycles. The minimum Gasteiger partial charge on any atom is -0.491 e. The van der Waals surface area contributed by atoms with Crippen LogP contribution < -0.4 is 4.74 Å². The molecule has 0 aliphatic rings. The SMILES string of the molecule is FC(F)(F)SCCOc1c(Cl)cc(Cl)cc1CCl. The Kier molecular flexibility index (Phi) is 6.24. The van der Waals surface area contributed by atoms with E-state index in [4.69, 9.17) is 39.5 Å². The normalized spacial score (nSPS) is 11.7. The maximum atomic E-state index is 11.9. The lowest BCUT2D eigenvalue weighted by atomic mass is 10.2. The predicted octanol–water partition coefficient (Wildman–Crippen LogP) is 5.36. The summed E-state index contributed by atoms with van der Waals surface area (Å²) in [5, 5.41) is 0.628. The van der Waals surface area contributed by atoms with E-state index in [1.54, 1.807) is 6.07 Å². The van der Waals surface area contributed by atoms with Crippen LogP contribution in [-0.4, -0.2) is 17.9 Å². The molecule has 1 nitrogen and oxygen atoms in total. The third kappa shape index (κ3) is 5.34. The number of alkyl halides is 4. The number of ether oxygens (including phenoxy) is 1. The molecule has 1 rings (SSSR count). The lowest BCUT2D eigenvalue weighted by molar-refractivity contribution is -0.0329. The van der Waals surface area contributed by atoms with Crippen LogP contribution in [0.3, 0.4) is 0 Å². The van der Waals surface area contributed by atoms with Crippen LogP contribution >= 0.6 is 46.6 Å². The predicted molar refractivity (Wildman–Crippen MR) is 70.0 cm³/mol. The van der Waals surface area contributed by atoms with E-state index in [1.807, 2.05) is 0 Å². The molecule has 1 aromatic rings. The number of halogens is 6. The molecular formula is C10H8Cl3F3OS. The topological polar surface area (TPSA) is 9.23 Å². The molecule has 0 radical (unpaired) electrons. The van der Waals surface area contributed by atoms with Gasteiger partial charge in [-0.1, -0.05) is 23.2 Å². The van der Waals surface area contributed by atoms with Gasteiger partial charge in [-0.05, 0) is 23.9 Å². The second-order valence-corrected chi connectivity index (χ2v) is 5.42. The van der Waals surface area contributed by atoms with E-state index < -0.39 is 5.51 Å². The summed E-state index contributed by atoms with van der Waals surface area (Å²) >= 11 is 17.2. The second-order valence-electron chi connectivity index (χ2n) is 3.15. The zero-order chi connectivity index (χ0) is 13.8. The Morgan fingerprint density at radius 3 is 2.44 bits per heavy atom. The van der Waals surface area contributed by atoms with Gasteiger partial charge < -0.3 is 4.74 Å². The maximum Gasteiger partial charge on any atom is 0.441 e. The molecule has 0 aromatic heterocycles. The molecule has 8 heteroatoms. The third-order valence-corrected chi connectivity index (χ3v) is 3.31. The highest BCUT2D eigenvalue weighted by molar-refractivity contribution is 8.00. The van der Waals surface area contributed by atoms with Crippen LogP contribution in [-0.2, 0) is 5.88 Å². The molecule has 0 heterocycles. The van der Waals surface area contributed by atoms with Gasteiger partial charge in [0.15, 0.2) is 0 Å². The first kappa shape index (κ1) is 16.1. The standard InChI is InChI=1S/C10H8Cl3F3OS/c11-5-6-3-7(12)4-8(13)9(6)17-1-2-18-10(14,15)16/h3-4H,1-2,5H2. The third-order valence-electron chi connectivity index (χ3n) is 1.82. The first-order valence-corrected chi connectivity index (χ1v) is 6.98. The van der Waals surface area contributed by atoms with Gasteiger partial charge in [-0.3, -0.25) is 0 Å². The average Bonchev–Trinajstić information content (AvgIpc) is 2.24. The molecular weight excluding hydrogens is 332 g/mol. The van der Waals surface area contributed by atoms with E-state index in [2.05, 4.69) is 0 Å². The largest absolute Gasteiger partial charge is 0.491 e. The summed E-state index contributed by atoms with van der Waals surface area (Å²) in [7, 11) is 0. The molecule has 0 aliphatic heterocycles. The smallest absolute Gasteiger partial charge is 0.441 e. The van der Waals surface area contributed by atoms with Crippen LogP contribution in [0.25, 0.3) is 0 Å². The molecule has 102 valence electrons. The first-order chi connectivity index (χ1) is 8.33. The van der Waals surface area contributed by atoms with Gasteiger partial charge >= 0.3 is 5.51 Å². The molecule has 0 fully saturated rings. The van der Waals surface area contributed by atoms with Crippen LogP contribution in [0.4, 0.5) is 13.2 Å². The Hall–Kier alpha value is 0.0300. The highest BCUT2D eigenvalue weighted by atomic mass is 35.5. The molecule has 0 N–H and O–H groups in total. The minimum atomic E-state index is -4.26. The van der Waals surface area contributed by atoms with E-state index in [-0.39, 0.29) is 40.8 Å². The second kappa shape index (κ2) is 6.98. The Labute approximate surface area is 122 Å². The molecule has 0 aliphatic carbocycles. The van der Waals surface area contributed by atoms with Crippen molar-refractivity contribution in [2.24, 2.45) is 0 Å². The summed E-state index contributed by atoms with van der Waals surface area (Å²) in [6, 6.07) is 3.01. The number of rotatable bonds is 5. The van der Waals surface area contributed by atoms with E-state index in [0.717, 1.165) is 0 Å². The fourth-order valence-electron chi connectivity index (χ4n) is 1.18. The van der Waals surface area contributed by atoms with E-state index in [9.17, 15) is 13.2 Å². The first-order valence-electron chi connectivity index (χ1n) is 4.71. The monoisotopic (exact) mass is 338 g/mol. The van der Waals surface area contributed by atoms with Gasteiger partial charge in [0.1, 0.15) is 5.75 Å². The fraction of sp³-hybridized carbons (Fsp3) is 0.400. The number of hydrogen-bond donors (Lipinski definition) is 0. The molecule has 1 aromatic carbocycles. The van der Waals surface area contributed by atoms with Crippen molar-refractivity contribution in [3.8, 4) is 5.75 Å². The van der Waals surface area contributed by atoms with E-state index in [0.29, 0.717) is 10.6 Å². The lowest BCUT2D eigenvalue weighted by Gasteiger charge is -2.12. The molecule has 0 spiro atoms. The van der Waals surface area contributed by atoms with Gasteiger partial charge in [-0.15, -0.1) is 11.6 Å². The van der Waals surface area contributed by atoms with Gasteiger partial charge in [0.25, 0.3) is 0 Å². The zero-order valence-electron chi connectivity index (χ0n) is 8.86. The minimum absolute atomic E-state index is 0.113. The molecule has 0 amide bonds. The molecule has 0 bridgehead atoms. The van der Waals surface area contributed by atoms with Crippen molar-refractivity contribution in [1.29, 1.82) is 0 Å². The summed E-state index contributed by atoms with van der Waals surface area (Å²) in [5.74, 6) is 0.172. The van der Waals surface area contributed by atoms with Crippen molar-refractivity contribution < 1.29 is 17.9 Å². The summed E-state index contributed by atoms with van der Waals surface area (Å²) in [5.41, 5.74) is -3.71. The zero-order valence-corrected chi connectivity index (χ0v) is 11.9. The van der Waals surface area contributed by atoms with Crippen molar-refractivity contribution in [2.45, 2.75) is 11.4 Å². The van der Waals surface area contributed by atoms with Crippen LogP contribution in [0.5, 0.6) is 5.75 Å². The fourth-order valence-corrected chi connectivity index (χ4v) is 2.36. The lowest BCUT2D eigenvalue weighted by Crippen LogP contribution is -2.08. The quantitative estimate of drug-likeness (QED) is 0.527. The Morgan fingerprint density at radius 2 is 1.89 bits per heavy atom. The highest BCUT2D eigenvalue weighted by Gasteiger charge is 2.27. The molecule has 18 heavy (non-hydrogen) atoms. The van der Waals surface area contributed by atoms with Gasteiger partial charge in [-0.2, -0.15) is 13.2 Å². The number of hydrogen-bond acceptors (Lipinski definition) is 2. The summed E-state index contributed by atoms with van der Waals surface area (Å²) in [6.07, 6.45) is 0. The molecule has 0 saturated heterocycles. The van der Waals surface area contributed by atoms with Crippen LogP contribution in [0.2, 0.25) is 10.0 Å². The summed E-state index contributed by atoms with van der Waals surface area (Å²) in [6.45, 7) is -0.116. The molecule has 0 atom stereocenters. The Balaban J connectivity index is 2.62. The van der Waals surface area contributed by atoms with E-state index >= 15 is 0 Å². The Bertz CT molecular complexity index is 412.